The minimum absolute atomic E-state index is 0.131. The van der Waals surface area contributed by atoms with Crippen molar-refractivity contribution in [2.75, 3.05) is 25.0 Å². The Morgan fingerprint density at radius 2 is 2.37 bits per heavy atom. The van der Waals surface area contributed by atoms with Gasteiger partial charge in [0.1, 0.15) is 5.82 Å². The maximum atomic E-state index is 13.6. The van der Waals surface area contributed by atoms with Gasteiger partial charge in [0, 0.05) is 17.1 Å². The molecule has 0 radical (unpaired) electrons. The molecule has 104 valence electrons. The van der Waals surface area contributed by atoms with Crippen LogP contribution in [0.25, 0.3) is 0 Å². The van der Waals surface area contributed by atoms with Gasteiger partial charge in [0.25, 0.3) is 0 Å². The van der Waals surface area contributed by atoms with Gasteiger partial charge in [-0.2, -0.15) is 0 Å². The van der Waals surface area contributed by atoms with Crippen molar-refractivity contribution in [3.05, 3.63) is 28.5 Å². The average molecular weight is 330 g/mol. The number of likely N-dealkylation sites (tertiary alicyclic amines) is 1. The number of anilines is 1. The third kappa shape index (κ3) is 4.26. The van der Waals surface area contributed by atoms with Crippen LogP contribution < -0.4 is 11.1 Å². The average Bonchev–Trinajstić information content (AvgIpc) is 2.33. The largest absolute Gasteiger partial charge is 0.327 e. The Labute approximate surface area is 120 Å². The molecule has 19 heavy (non-hydrogen) atoms. The molecule has 1 fully saturated rings. The molecule has 1 aromatic carbocycles. The van der Waals surface area contributed by atoms with E-state index in [-0.39, 0.29) is 24.2 Å². The molecular formula is C13H17BrFN3O. The zero-order valence-electron chi connectivity index (χ0n) is 10.5. The molecule has 1 amide bonds. The predicted molar refractivity (Wildman–Crippen MR) is 76.4 cm³/mol. The van der Waals surface area contributed by atoms with Gasteiger partial charge in [0.15, 0.2) is 0 Å². The topological polar surface area (TPSA) is 58.4 Å². The highest BCUT2D eigenvalue weighted by Gasteiger charge is 2.19. The Bertz CT molecular complexity index is 469. The lowest BCUT2D eigenvalue weighted by atomic mass is 10.1. The summed E-state index contributed by atoms with van der Waals surface area (Å²) in [5.41, 5.74) is 6.06. The monoisotopic (exact) mass is 329 g/mol. The molecule has 3 N–H and O–H groups in total. The number of nitrogens with zero attached hydrogens (tertiary/aromatic N) is 1. The van der Waals surface area contributed by atoms with Crippen LogP contribution in [-0.4, -0.2) is 36.5 Å². The Morgan fingerprint density at radius 3 is 3.05 bits per heavy atom. The highest BCUT2D eigenvalue weighted by molar-refractivity contribution is 9.10. The summed E-state index contributed by atoms with van der Waals surface area (Å²) < 4.78 is 14.2. The summed E-state index contributed by atoms with van der Waals surface area (Å²) in [7, 11) is 0. The maximum Gasteiger partial charge on any atom is 0.238 e. The van der Waals surface area contributed by atoms with E-state index in [1.54, 1.807) is 12.1 Å². The lowest BCUT2D eigenvalue weighted by molar-refractivity contribution is -0.117. The maximum absolute atomic E-state index is 13.6. The summed E-state index contributed by atoms with van der Waals surface area (Å²) >= 11 is 3.17. The summed E-state index contributed by atoms with van der Waals surface area (Å²) in [5, 5.41) is 2.58. The quantitative estimate of drug-likeness (QED) is 0.891. The lowest BCUT2D eigenvalue weighted by Crippen LogP contribution is -2.45. The van der Waals surface area contributed by atoms with Crippen molar-refractivity contribution in [3.8, 4) is 0 Å². The van der Waals surface area contributed by atoms with Gasteiger partial charge in [-0.25, -0.2) is 4.39 Å². The minimum atomic E-state index is -0.446. The van der Waals surface area contributed by atoms with Crippen molar-refractivity contribution in [2.24, 2.45) is 5.73 Å². The minimum Gasteiger partial charge on any atom is -0.327 e. The van der Waals surface area contributed by atoms with Gasteiger partial charge in [0.2, 0.25) is 5.91 Å². The second-order valence-corrected chi connectivity index (χ2v) is 5.73. The lowest BCUT2D eigenvalue weighted by Gasteiger charge is -2.29. The van der Waals surface area contributed by atoms with Crippen LogP contribution in [0.4, 0.5) is 10.1 Å². The van der Waals surface area contributed by atoms with E-state index in [0.717, 1.165) is 25.9 Å². The van der Waals surface area contributed by atoms with Crippen molar-refractivity contribution in [3.63, 3.8) is 0 Å². The fraction of sp³-hybridized carbons (Fsp3) is 0.462. The van der Waals surface area contributed by atoms with E-state index in [2.05, 4.69) is 21.2 Å². The standard InChI is InChI=1S/C13H17BrFN3O/c14-9-3-4-12(11(15)6-9)17-13(19)8-18-5-1-2-10(16)7-18/h3-4,6,10H,1-2,5,7-8,16H2,(H,17,19). The van der Waals surface area contributed by atoms with Crippen LogP contribution in [0.1, 0.15) is 12.8 Å². The van der Waals surface area contributed by atoms with Gasteiger partial charge in [-0.05, 0) is 37.6 Å². The Balaban J connectivity index is 1.90. The molecule has 0 aliphatic carbocycles. The number of carbonyl (C=O) groups excluding carboxylic acids is 1. The first kappa shape index (κ1) is 14.4. The summed E-state index contributed by atoms with van der Waals surface area (Å²) in [6, 6.07) is 4.69. The van der Waals surface area contributed by atoms with E-state index in [4.69, 9.17) is 5.73 Å². The number of piperidine rings is 1. The van der Waals surface area contributed by atoms with Crippen molar-refractivity contribution in [1.82, 2.24) is 4.90 Å². The molecule has 0 saturated carbocycles. The zero-order chi connectivity index (χ0) is 13.8. The Hall–Kier alpha value is -0.980. The molecular weight excluding hydrogens is 313 g/mol. The van der Waals surface area contributed by atoms with Gasteiger partial charge in [-0.1, -0.05) is 15.9 Å². The molecule has 1 aliphatic heterocycles. The number of hydrogen-bond donors (Lipinski definition) is 2. The number of carbonyl (C=O) groups is 1. The van der Waals surface area contributed by atoms with Gasteiger partial charge < -0.3 is 11.1 Å². The zero-order valence-corrected chi connectivity index (χ0v) is 12.1. The fourth-order valence-corrected chi connectivity index (χ4v) is 2.55. The van der Waals surface area contributed by atoms with E-state index in [0.29, 0.717) is 4.47 Å². The number of nitrogens with two attached hydrogens (primary N) is 1. The normalized spacial score (nSPS) is 20.3. The number of amides is 1. The summed E-state index contributed by atoms with van der Waals surface area (Å²) in [4.78, 5) is 13.9. The Morgan fingerprint density at radius 1 is 1.58 bits per heavy atom. The van der Waals surface area contributed by atoms with Crippen molar-refractivity contribution in [1.29, 1.82) is 0 Å². The molecule has 1 aromatic rings. The molecule has 0 bridgehead atoms. The highest BCUT2D eigenvalue weighted by Crippen LogP contribution is 2.19. The molecule has 1 atom stereocenters. The van der Waals surface area contributed by atoms with Crippen molar-refractivity contribution in [2.45, 2.75) is 18.9 Å². The van der Waals surface area contributed by atoms with Crippen LogP contribution in [0.2, 0.25) is 0 Å². The van der Waals surface area contributed by atoms with E-state index < -0.39 is 5.82 Å². The highest BCUT2D eigenvalue weighted by atomic mass is 79.9. The second kappa shape index (κ2) is 6.45. The van der Waals surface area contributed by atoms with E-state index in [1.165, 1.54) is 6.07 Å². The fourth-order valence-electron chi connectivity index (χ4n) is 2.22. The van der Waals surface area contributed by atoms with E-state index in [1.807, 2.05) is 4.90 Å². The number of nitrogens with one attached hydrogen (secondary N) is 1. The molecule has 2 rings (SSSR count). The summed E-state index contributed by atoms with van der Waals surface area (Å²) in [6.07, 6.45) is 2.00. The molecule has 0 spiro atoms. The molecule has 1 heterocycles. The molecule has 1 aliphatic rings. The molecule has 0 aromatic heterocycles. The first-order valence-electron chi connectivity index (χ1n) is 6.27. The number of rotatable bonds is 3. The smallest absolute Gasteiger partial charge is 0.238 e. The van der Waals surface area contributed by atoms with E-state index in [9.17, 15) is 9.18 Å². The Kier molecular flexibility index (Phi) is 4.90. The SMILES string of the molecule is NC1CCCN(CC(=O)Nc2ccc(Br)cc2F)C1. The molecule has 1 saturated heterocycles. The molecule has 1 unspecified atom stereocenters. The van der Waals surface area contributed by atoms with Gasteiger partial charge in [-0.15, -0.1) is 0 Å². The van der Waals surface area contributed by atoms with Gasteiger partial charge >= 0.3 is 0 Å². The van der Waals surface area contributed by atoms with Crippen LogP contribution in [0.3, 0.4) is 0 Å². The summed E-state index contributed by atoms with van der Waals surface area (Å²) in [5.74, 6) is -0.659. The van der Waals surface area contributed by atoms with Crippen molar-refractivity contribution < 1.29 is 9.18 Å². The first-order valence-corrected chi connectivity index (χ1v) is 7.07. The van der Waals surface area contributed by atoms with Gasteiger partial charge in [-0.3, -0.25) is 9.69 Å². The van der Waals surface area contributed by atoms with Crippen LogP contribution >= 0.6 is 15.9 Å². The molecule has 6 heteroatoms. The number of hydrogen-bond acceptors (Lipinski definition) is 3. The van der Waals surface area contributed by atoms with Crippen LogP contribution in [0.5, 0.6) is 0 Å². The van der Waals surface area contributed by atoms with Crippen LogP contribution in [0, 0.1) is 5.82 Å². The van der Waals surface area contributed by atoms with Crippen LogP contribution in [0.15, 0.2) is 22.7 Å². The third-order valence-corrected chi connectivity index (χ3v) is 3.61. The number of benzene rings is 1. The molecule has 4 nitrogen and oxygen atoms in total. The third-order valence-electron chi connectivity index (χ3n) is 3.11. The van der Waals surface area contributed by atoms with Crippen molar-refractivity contribution >= 4 is 27.5 Å². The van der Waals surface area contributed by atoms with Gasteiger partial charge in [0.05, 0.1) is 12.2 Å². The predicted octanol–water partition coefficient (Wildman–Crippen LogP) is 1.95. The van der Waals surface area contributed by atoms with E-state index >= 15 is 0 Å². The first-order chi connectivity index (χ1) is 9.04. The van der Waals surface area contributed by atoms with Crippen LogP contribution in [-0.2, 0) is 4.79 Å². The number of halogens is 2. The second-order valence-electron chi connectivity index (χ2n) is 4.81. The summed E-state index contributed by atoms with van der Waals surface area (Å²) in [6.45, 7) is 1.84.